The van der Waals surface area contributed by atoms with Crippen LogP contribution in [0.1, 0.15) is 22.5 Å². The molecule has 1 saturated heterocycles. The summed E-state index contributed by atoms with van der Waals surface area (Å²) in [6, 6.07) is 10.1. The van der Waals surface area contributed by atoms with Crippen LogP contribution in [-0.4, -0.2) is 17.0 Å². The fraction of sp³-hybridized carbons (Fsp3) is 0.100. The molecule has 4 rings (SSSR count). The molecule has 1 amide bonds. The molecule has 5 heteroatoms. The van der Waals surface area contributed by atoms with Crippen LogP contribution in [0.2, 0.25) is 0 Å². The number of rotatable bonds is 3. The molecule has 2 aliphatic rings. The highest BCUT2D eigenvalue weighted by Crippen LogP contribution is 2.34. The Labute approximate surface area is 144 Å². The molecule has 124 valence electrons. The van der Waals surface area contributed by atoms with Gasteiger partial charge in [0.05, 0.1) is 5.56 Å². The molecule has 1 aliphatic heterocycles. The SMILES string of the molecule is O=C1NC2=CC=CCC2/C1=C\c1ccc(-c2cccc(C(=O)O)c2)o1. The summed E-state index contributed by atoms with van der Waals surface area (Å²) in [6.45, 7) is 0. The lowest BCUT2D eigenvalue weighted by atomic mass is 9.92. The third-order valence-corrected chi connectivity index (χ3v) is 4.37. The molecule has 1 unspecified atom stereocenters. The van der Waals surface area contributed by atoms with Crippen LogP contribution in [-0.2, 0) is 4.79 Å². The zero-order valence-electron chi connectivity index (χ0n) is 13.2. The number of carbonyl (C=O) groups is 2. The molecule has 2 aromatic rings. The molecular weight excluding hydrogens is 318 g/mol. The zero-order chi connectivity index (χ0) is 17.4. The van der Waals surface area contributed by atoms with Gasteiger partial charge in [-0.2, -0.15) is 0 Å². The van der Waals surface area contributed by atoms with E-state index in [0.717, 1.165) is 12.1 Å². The van der Waals surface area contributed by atoms with Gasteiger partial charge in [-0.15, -0.1) is 0 Å². The second-order valence-corrected chi connectivity index (χ2v) is 5.98. The monoisotopic (exact) mass is 333 g/mol. The average Bonchev–Trinajstić information content (AvgIpc) is 3.21. The fourth-order valence-electron chi connectivity index (χ4n) is 3.12. The zero-order valence-corrected chi connectivity index (χ0v) is 13.2. The Bertz CT molecular complexity index is 962. The Morgan fingerprint density at radius 1 is 1.28 bits per heavy atom. The number of furan rings is 1. The van der Waals surface area contributed by atoms with Crippen LogP contribution in [0.5, 0.6) is 0 Å². The maximum atomic E-state index is 12.2. The van der Waals surface area contributed by atoms with Gasteiger partial charge in [0.2, 0.25) is 0 Å². The van der Waals surface area contributed by atoms with Gasteiger partial charge in [-0.1, -0.05) is 24.3 Å². The average molecular weight is 333 g/mol. The first-order valence-electron chi connectivity index (χ1n) is 7.95. The summed E-state index contributed by atoms with van der Waals surface area (Å²) in [5, 5.41) is 12.0. The van der Waals surface area contributed by atoms with Crippen molar-refractivity contribution in [1.82, 2.24) is 5.32 Å². The van der Waals surface area contributed by atoms with E-state index in [1.807, 2.05) is 18.2 Å². The number of carboxylic acids is 1. The molecule has 0 spiro atoms. The number of aromatic carboxylic acids is 1. The quantitative estimate of drug-likeness (QED) is 0.841. The number of carboxylic acid groups (broad SMARTS) is 1. The van der Waals surface area contributed by atoms with Crippen molar-refractivity contribution in [3.63, 3.8) is 0 Å². The van der Waals surface area contributed by atoms with Crippen molar-refractivity contribution in [2.24, 2.45) is 5.92 Å². The molecular formula is C20H15NO4. The number of hydrogen-bond donors (Lipinski definition) is 2. The third kappa shape index (κ3) is 2.80. The van der Waals surface area contributed by atoms with E-state index < -0.39 is 5.97 Å². The maximum absolute atomic E-state index is 12.2. The Balaban J connectivity index is 1.65. The van der Waals surface area contributed by atoms with Crippen molar-refractivity contribution in [3.05, 3.63) is 77.2 Å². The number of allylic oxidation sites excluding steroid dienone is 4. The highest BCUT2D eigenvalue weighted by atomic mass is 16.4. The van der Waals surface area contributed by atoms with Crippen LogP contribution in [0, 0.1) is 5.92 Å². The minimum Gasteiger partial charge on any atom is -0.478 e. The van der Waals surface area contributed by atoms with E-state index in [4.69, 9.17) is 9.52 Å². The Hall–Kier alpha value is -3.34. The smallest absolute Gasteiger partial charge is 0.335 e. The van der Waals surface area contributed by atoms with E-state index in [0.29, 0.717) is 22.7 Å². The second-order valence-electron chi connectivity index (χ2n) is 5.98. The minimum absolute atomic E-state index is 0.0430. The van der Waals surface area contributed by atoms with Crippen LogP contribution < -0.4 is 5.32 Å². The van der Waals surface area contributed by atoms with Gasteiger partial charge in [0.15, 0.2) is 0 Å². The Morgan fingerprint density at radius 2 is 2.16 bits per heavy atom. The van der Waals surface area contributed by atoms with Gasteiger partial charge in [-0.05, 0) is 42.8 Å². The van der Waals surface area contributed by atoms with Crippen molar-refractivity contribution in [1.29, 1.82) is 0 Å². The molecule has 2 N–H and O–H groups in total. The van der Waals surface area contributed by atoms with Gasteiger partial charge in [0.25, 0.3) is 5.91 Å². The van der Waals surface area contributed by atoms with Crippen LogP contribution in [0.3, 0.4) is 0 Å². The number of fused-ring (bicyclic) bond motifs is 1. The van der Waals surface area contributed by atoms with Gasteiger partial charge in [-0.3, -0.25) is 4.79 Å². The van der Waals surface area contributed by atoms with E-state index in [2.05, 4.69) is 5.32 Å². The second kappa shape index (κ2) is 5.94. The molecule has 0 radical (unpaired) electrons. The Kier molecular flexibility index (Phi) is 3.61. The fourth-order valence-corrected chi connectivity index (χ4v) is 3.12. The van der Waals surface area contributed by atoms with Crippen LogP contribution in [0.25, 0.3) is 17.4 Å². The van der Waals surface area contributed by atoms with E-state index >= 15 is 0 Å². The molecule has 1 fully saturated rings. The maximum Gasteiger partial charge on any atom is 0.335 e. The molecule has 1 atom stereocenters. The van der Waals surface area contributed by atoms with E-state index in [1.165, 1.54) is 6.07 Å². The van der Waals surface area contributed by atoms with Gasteiger partial charge in [-0.25, -0.2) is 4.79 Å². The molecule has 0 saturated carbocycles. The van der Waals surface area contributed by atoms with E-state index in [9.17, 15) is 9.59 Å². The van der Waals surface area contributed by atoms with Crippen LogP contribution in [0.15, 0.2) is 70.3 Å². The molecule has 25 heavy (non-hydrogen) atoms. The lowest BCUT2D eigenvalue weighted by Crippen LogP contribution is -2.13. The predicted molar refractivity (Wildman–Crippen MR) is 92.6 cm³/mol. The molecule has 1 aromatic carbocycles. The standard InChI is InChI=1S/C20H15NO4/c22-19-16(15-6-1-2-7-17(15)21-19)11-14-8-9-18(25-14)12-4-3-5-13(10-12)20(23)24/h1-5,7-11,15H,6H2,(H,21,22)(H,23,24)/b16-11+. The van der Waals surface area contributed by atoms with E-state index in [1.54, 1.807) is 36.4 Å². The molecule has 5 nitrogen and oxygen atoms in total. The highest BCUT2D eigenvalue weighted by Gasteiger charge is 2.33. The largest absolute Gasteiger partial charge is 0.478 e. The van der Waals surface area contributed by atoms with Crippen molar-refractivity contribution >= 4 is 18.0 Å². The number of amides is 1. The first-order chi connectivity index (χ1) is 12.1. The van der Waals surface area contributed by atoms with Crippen LogP contribution in [0.4, 0.5) is 0 Å². The molecule has 1 aromatic heterocycles. The topological polar surface area (TPSA) is 79.5 Å². The summed E-state index contributed by atoms with van der Waals surface area (Å²) in [6.07, 6.45) is 8.43. The highest BCUT2D eigenvalue weighted by molar-refractivity contribution is 6.03. The van der Waals surface area contributed by atoms with Gasteiger partial charge < -0.3 is 14.8 Å². The summed E-state index contributed by atoms with van der Waals surface area (Å²) in [4.78, 5) is 23.3. The summed E-state index contributed by atoms with van der Waals surface area (Å²) < 4.78 is 5.81. The number of nitrogens with one attached hydrogen (secondary N) is 1. The van der Waals surface area contributed by atoms with Gasteiger partial charge in [0.1, 0.15) is 11.5 Å². The van der Waals surface area contributed by atoms with Gasteiger partial charge >= 0.3 is 5.97 Å². The summed E-state index contributed by atoms with van der Waals surface area (Å²) >= 11 is 0. The van der Waals surface area contributed by atoms with Crippen molar-refractivity contribution in [2.45, 2.75) is 6.42 Å². The summed E-state index contributed by atoms with van der Waals surface area (Å²) in [5.41, 5.74) is 2.48. The van der Waals surface area contributed by atoms with Crippen LogP contribution >= 0.6 is 0 Å². The molecule has 0 bridgehead atoms. The summed E-state index contributed by atoms with van der Waals surface area (Å²) in [5.74, 6) is 0.0829. The van der Waals surface area contributed by atoms with Crippen molar-refractivity contribution in [2.75, 3.05) is 0 Å². The predicted octanol–water partition coefficient (Wildman–Crippen LogP) is 3.62. The number of carbonyl (C=O) groups excluding carboxylic acids is 1. The lowest BCUT2D eigenvalue weighted by molar-refractivity contribution is -0.115. The number of benzene rings is 1. The molecule has 2 heterocycles. The number of hydrogen-bond acceptors (Lipinski definition) is 3. The van der Waals surface area contributed by atoms with E-state index in [-0.39, 0.29) is 17.4 Å². The van der Waals surface area contributed by atoms with Crippen molar-refractivity contribution < 1.29 is 19.1 Å². The first-order valence-corrected chi connectivity index (χ1v) is 7.95. The minimum atomic E-state index is -0.983. The lowest BCUT2D eigenvalue weighted by Gasteiger charge is -2.11. The first kappa shape index (κ1) is 15.2. The third-order valence-electron chi connectivity index (χ3n) is 4.37. The van der Waals surface area contributed by atoms with Gasteiger partial charge in [0, 0.05) is 22.8 Å². The molecule has 1 aliphatic carbocycles. The van der Waals surface area contributed by atoms with Crippen molar-refractivity contribution in [3.8, 4) is 11.3 Å². The summed E-state index contributed by atoms with van der Waals surface area (Å²) in [7, 11) is 0. The Morgan fingerprint density at radius 3 is 3.00 bits per heavy atom. The normalized spacial score (nSPS) is 20.3.